The summed E-state index contributed by atoms with van der Waals surface area (Å²) in [5.74, 6) is -0.277. The molecule has 3 nitrogen and oxygen atoms in total. The van der Waals surface area contributed by atoms with Gasteiger partial charge < -0.3 is 9.84 Å². The van der Waals surface area contributed by atoms with E-state index >= 15 is 0 Å². The highest BCUT2D eigenvalue weighted by molar-refractivity contribution is 14.1. The number of esters is 1. The number of benzene rings is 1. The Hall–Kier alpha value is -0.620. The number of ether oxygens (including phenoxy) is 1. The number of halogens is 1. The molecule has 0 aliphatic heterocycles. The maximum Gasteiger partial charge on any atom is 0.338 e. The molecule has 0 radical (unpaired) electrons. The maximum atomic E-state index is 11.5. The third kappa shape index (κ3) is 4.94. The van der Waals surface area contributed by atoms with Gasteiger partial charge in [-0.15, -0.1) is 0 Å². The third-order valence-corrected chi connectivity index (χ3v) is 2.83. The summed E-state index contributed by atoms with van der Waals surface area (Å²) in [6, 6.07) is 7.28. The molecule has 0 saturated heterocycles. The molecule has 0 spiro atoms. The van der Waals surface area contributed by atoms with Crippen molar-refractivity contribution in [3.8, 4) is 0 Å². The van der Waals surface area contributed by atoms with Crippen molar-refractivity contribution in [3.05, 3.63) is 33.4 Å². The average Bonchev–Trinajstić information content (AvgIpc) is 2.29. The predicted octanol–water partition coefficient (Wildman–Crippen LogP) is 2.61. The number of carbonyl (C=O) groups is 1. The van der Waals surface area contributed by atoms with Gasteiger partial charge in [0, 0.05) is 10.2 Å². The number of hydrogen-bond acceptors (Lipinski definition) is 3. The van der Waals surface area contributed by atoms with Crippen LogP contribution in [0.2, 0.25) is 0 Å². The van der Waals surface area contributed by atoms with Gasteiger partial charge in [-0.25, -0.2) is 4.79 Å². The molecule has 1 N–H and O–H groups in total. The van der Waals surface area contributed by atoms with E-state index in [9.17, 15) is 4.79 Å². The van der Waals surface area contributed by atoms with Crippen LogP contribution in [0.5, 0.6) is 0 Å². The third-order valence-electron chi connectivity index (χ3n) is 2.12. The molecule has 0 unspecified atom stereocenters. The number of hydrogen-bond donors (Lipinski definition) is 1. The van der Waals surface area contributed by atoms with Gasteiger partial charge in [-0.3, -0.25) is 0 Å². The number of carbonyl (C=O) groups excluding carboxylic acids is 1. The van der Waals surface area contributed by atoms with E-state index in [0.717, 1.165) is 22.8 Å². The molecule has 0 amide bonds. The van der Waals surface area contributed by atoms with E-state index in [1.54, 1.807) is 12.1 Å². The minimum Gasteiger partial charge on any atom is -0.462 e. The molecule has 0 saturated carbocycles. The molecule has 0 atom stereocenters. The molecule has 16 heavy (non-hydrogen) atoms. The van der Waals surface area contributed by atoms with Crippen LogP contribution >= 0.6 is 22.6 Å². The average molecular weight is 334 g/mol. The van der Waals surface area contributed by atoms with Crippen molar-refractivity contribution in [1.82, 2.24) is 0 Å². The lowest BCUT2D eigenvalue weighted by Gasteiger charge is -2.04. The minimum absolute atomic E-state index is 0.199. The molecule has 88 valence electrons. The van der Waals surface area contributed by atoms with Crippen LogP contribution in [-0.2, 0) is 4.74 Å². The standard InChI is InChI=1S/C12H15IO3/c13-11-6-4-10(5-7-11)12(15)16-9-3-1-2-8-14/h4-7,14H,1-3,8-9H2. The fraction of sp³-hybridized carbons (Fsp3) is 0.417. The summed E-state index contributed by atoms with van der Waals surface area (Å²) in [7, 11) is 0. The lowest BCUT2D eigenvalue weighted by Crippen LogP contribution is -2.06. The van der Waals surface area contributed by atoms with Crippen molar-refractivity contribution < 1.29 is 14.6 Å². The molecule has 0 aromatic heterocycles. The minimum atomic E-state index is -0.277. The Labute approximate surface area is 109 Å². The lowest BCUT2D eigenvalue weighted by atomic mass is 10.2. The number of rotatable bonds is 6. The summed E-state index contributed by atoms with van der Waals surface area (Å²) < 4.78 is 6.19. The van der Waals surface area contributed by atoms with Gasteiger partial charge in [-0.1, -0.05) is 0 Å². The van der Waals surface area contributed by atoms with Crippen molar-refractivity contribution in [1.29, 1.82) is 0 Å². The molecule has 0 heterocycles. The van der Waals surface area contributed by atoms with Crippen LogP contribution in [0.4, 0.5) is 0 Å². The zero-order valence-electron chi connectivity index (χ0n) is 8.99. The monoisotopic (exact) mass is 334 g/mol. The Balaban J connectivity index is 2.27. The van der Waals surface area contributed by atoms with Gasteiger partial charge in [-0.05, 0) is 66.1 Å². The number of aliphatic hydroxyl groups is 1. The first-order valence-corrected chi connectivity index (χ1v) is 6.35. The van der Waals surface area contributed by atoms with Crippen molar-refractivity contribution in [3.63, 3.8) is 0 Å². The van der Waals surface area contributed by atoms with Crippen molar-refractivity contribution in [2.45, 2.75) is 19.3 Å². The van der Waals surface area contributed by atoms with Gasteiger partial charge in [0.2, 0.25) is 0 Å². The molecule has 0 aliphatic rings. The van der Waals surface area contributed by atoms with Gasteiger partial charge in [-0.2, -0.15) is 0 Å². The Kier molecular flexibility index (Phi) is 6.40. The molecule has 0 bridgehead atoms. The van der Waals surface area contributed by atoms with Gasteiger partial charge >= 0.3 is 5.97 Å². The topological polar surface area (TPSA) is 46.5 Å². The van der Waals surface area contributed by atoms with Crippen LogP contribution in [0.1, 0.15) is 29.6 Å². The first-order chi connectivity index (χ1) is 7.74. The molecular formula is C12H15IO3. The Bertz CT molecular complexity index is 322. The normalized spacial score (nSPS) is 10.1. The highest BCUT2D eigenvalue weighted by atomic mass is 127. The van der Waals surface area contributed by atoms with Gasteiger partial charge in [0.05, 0.1) is 12.2 Å². The predicted molar refractivity (Wildman–Crippen MR) is 70.4 cm³/mol. The quantitative estimate of drug-likeness (QED) is 0.494. The molecule has 0 aliphatic carbocycles. The number of aliphatic hydroxyl groups excluding tert-OH is 1. The van der Waals surface area contributed by atoms with Crippen LogP contribution in [0.15, 0.2) is 24.3 Å². The van der Waals surface area contributed by atoms with Crippen LogP contribution in [-0.4, -0.2) is 24.3 Å². The number of unbranched alkanes of at least 4 members (excludes halogenated alkanes) is 2. The Morgan fingerprint density at radius 1 is 1.19 bits per heavy atom. The van der Waals surface area contributed by atoms with Crippen molar-refractivity contribution >= 4 is 28.6 Å². The largest absolute Gasteiger partial charge is 0.462 e. The lowest BCUT2D eigenvalue weighted by molar-refractivity contribution is 0.0497. The van der Waals surface area contributed by atoms with E-state index in [4.69, 9.17) is 9.84 Å². The second kappa shape index (κ2) is 7.62. The Morgan fingerprint density at radius 2 is 1.88 bits per heavy atom. The van der Waals surface area contributed by atoms with E-state index in [2.05, 4.69) is 22.6 Å². The van der Waals surface area contributed by atoms with Gasteiger partial charge in [0.1, 0.15) is 0 Å². The fourth-order valence-electron chi connectivity index (χ4n) is 1.22. The van der Waals surface area contributed by atoms with Crippen LogP contribution < -0.4 is 0 Å². The van der Waals surface area contributed by atoms with E-state index < -0.39 is 0 Å². The second-order valence-corrected chi connectivity index (χ2v) is 4.67. The summed E-state index contributed by atoms with van der Waals surface area (Å²) in [5.41, 5.74) is 0.586. The Morgan fingerprint density at radius 3 is 2.50 bits per heavy atom. The molecular weight excluding hydrogens is 319 g/mol. The summed E-state index contributed by atoms with van der Waals surface area (Å²) in [6.45, 7) is 0.621. The summed E-state index contributed by atoms with van der Waals surface area (Å²) in [5, 5.41) is 8.57. The molecule has 4 heteroatoms. The summed E-state index contributed by atoms with van der Waals surface area (Å²) in [4.78, 5) is 11.5. The van der Waals surface area contributed by atoms with Gasteiger partial charge in [0.25, 0.3) is 0 Å². The van der Waals surface area contributed by atoms with E-state index in [1.807, 2.05) is 12.1 Å². The summed E-state index contributed by atoms with van der Waals surface area (Å²) >= 11 is 2.19. The van der Waals surface area contributed by atoms with Gasteiger partial charge in [0.15, 0.2) is 0 Å². The smallest absolute Gasteiger partial charge is 0.338 e. The molecule has 1 aromatic carbocycles. The van der Waals surface area contributed by atoms with E-state index in [1.165, 1.54) is 0 Å². The van der Waals surface area contributed by atoms with Crippen LogP contribution in [0.3, 0.4) is 0 Å². The van der Waals surface area contributed by atoms with Crippen molar-refractivity contribution in [2.24, 2.45) is 0 Å². The fourth-order valence-corrected chi connectivity index (χ4v) is 1.58. The van der Waals surface area contributed by atoms with E-state index in [-0.39, 0.29) is 12.6 Å². The molecule has 0 fully saturated rings. The van der Waals surface area contributed by atoms with Crippen LogP contribution in [0, 0.1) is 3.57 Å². The first kappa shape index (κ1) is 13.4. The SMILES string of the molecule is O=C(OCCCCCO)c1ccc(I)cc1. The molecule has 1 rings (SSSR count). The molecule has 1 aromatic rings. The highest BCUT2D eigenvalue weighted by Gasteiger charge is 2.05. The maximum absolute atomic E-state index is 11.5. The zero-order valence-corrected chi connectivity index (χ0v) is 11.1. The second-order valence-electron chi connectivity index (χ2n) is 3.43. The van der Waals surface area contributed by atoms with Crippen LogP contribution in [0.25, 0.3) is 0 Å². The van der Waals surface area contributed by atoms with E-state index in [0.29, 0.717) is 12.2 Å². The zero-order chi connectivity index (χ0) is 11.8. The summed E-state index contributed by atoms with van der Waals surface area (Å²) in [6.07, 6.45) is 2.45. The van der Waals surface area contributed by atoms with Crippen molar-refractivity contribution in [2.75, 3.05) is 13.2 Å². The highest BCUT2D eigenvalue weighted by Crippen LogP contribution is 2.08. The first-order valence-electron chi connectivity index (χ1n) is 5.27.